The minimum Gasteiger partial charge on any atom is -0.478 e. The monoisotopic (exact) mass is 284 g/mol. The summed E-state index contributed by atoms with van der Waals surface area (Å²) >= 11 is 0. The number of aromatic carboxylic acids is 1. The van der Waals surface area contributed by atoms with E-state index in [4.69, 9.17) is 5.11 Å². The van der Waals surface area contributed by atoms with Gasteiger partial charge in [-0.05, 0) is 23.3 Å². The Kier molecular flexibility index (Phi) is 4.66. The van der Waals surface area contributed by atoms with Gasteiger partial charge in [0.15, 0.2) is 0 Å². The van der Waals surface area contributed by atoms with E-state index in [2.05, 4.69) is 10.3 Å². The van der Waals surface area contributed by atoms with Gasteiger partial charge in [0.05, 0.1) is 5.56 Å². The quantitative estimate of drug-likeness (QED) is 0.880. The topological polar surface area (TPSA) is 79.3 Å². The zero-order chi connectivity index (χ0) is 15.2. The zero-order valence-electron chi connectivity index (χ0n) is 11.7. The van der Waals surface area contributed by atoms with E-state index in [0.29, 0.717) is 18.7 Å². The number of pyridine rings is 1. The Balaban J connectivity index is 2.04. The molecule has 2 aromatic rings. The molecule has 0 saturated heterocycles. The molecule has 2 N–H and O–H groups in total. The molecule has 108 valence electrons. The molecule has 2 rings (SSSR count). The number of nitrogens with zero attached hydrogens (tertiary/aromatic N) is 1. The highest BCUT2D eigenvalue weighted by Gasteiger charge is 2.05. The van der Waals surface area contributed by atoms with Gasteiger partial charge >= 0.3 is 5.97 Å². The number of carboxylic acid groups (broad SMARTS) is 1. The van der Waals surface area contributed by atoms with Gasteiger partial charge in [-0.25, -0.2) is 4.79 Å². The first-order chi connectivity index (χ1) is 10.0. The van der Waals surface area contributed by atoms with Crippen LogP contribution >= 0.6 is 0 Å². The van der Waals surface area contributed by atoms with Crippen molar-refractivity contribution in [2.75, 3.05) is 0 Å². The van der Waals surface area contributed by atoms with Gasteiger partial charge in [0.2, 0.25) is 5.91 Å². The predicted molar refractivity (Wildman–Crippen MR) is 78.0 cm³/mol. The minimum atomic E-state index is -0.954. The van der Waals surface area contributed by atoms with Crippen LogP contribution in [0.2, 0.25) is 0 Å². The first kappa shape index (κ1) is 14.7. The number of amides is 1. The number of benzene rings is 1. The lowest BCUT2D eigenvalue weighted by Gasteiger charge is -2.05. The Labute approximate surface area is 122 Å². The highest BCUT2D eigenvalue weighted by Crippen LogP contribution is 2.11. The fourth-order valence-corrected chi connectivity index (χ4v) is 1.92. The van der Waals surface area contributed by atoms with Gasteiger partial charge in [-0.2, -0.15) is 0 Å². The van der Waals surface area contributed by atoms with Crippen molar-refractivity contribution in [2.45, 2.75) is 19.9 Å². The summed E-state index contributed by atoms with van der Waals surface area (Å²) in [5.74, 6) is -1.02. The van der Waals surface area contributed by atoms with E-state index >= 15 is 0 Å². The fraction of sp³-hybridized carbons (Fsp3) is 0.188. The van der Waals surface area contributed by atoms with Crippen molar-refractivity contribution < 1.29 is 14.7 Å². The van der Waals surface area contributed by atoms with Crippen LogP contribution in [-0.4, -0.2) is 22.0 Å². The molecule has 1 aromatic carbocycles. The molecular weight excluding hydrogens is 268 g/mol. The van der Waals surface area contributed by atoms with Crippen LogP contribution in [0.5, 0.6) is 0 Å². The molecule has 0 aliphatic carbocycles. The van der Waals surface area contributed by atoms with E-state index in [1.54, 1.807) is 6.07 Å². The third-order valence-electron chi connectivity index (χ3n) is 3.01. The van der Waals surface area contributed by atoms with Crippen LogP contribution in [0.4, 0.5) is 0 Å². The molecule has 1 heterocycles. The normalized spacial score (nSPS) is 10.1. The number of aromatic nitrogens is 1. The lowest BCUT2D eigenvalue weighted by molar-refractivity contribution is -0.119. The molecule has 0 spiro atoms. The number of nitrogens with one attached hydrogen (secondary N) is 1. The van der Waals surface area contributed by atoms with Crippen LogP contribution in [0.25, 0.3) is 0 Å². The van der Waals surface area contributed by atoms with Crippen LogP contribution in [0.1, 0.15) is 34.1 Å². The van der Waals surface area contributed by atoms with Crippen molar-refractivity contribution in [3.63, 3.8) is 0 Å². The van der Waals surface area contributed by atoms with Gasteiger partial charge in [-0.1, -0.05) is 24.3 Å². The van der Waals surface area contributed by atoms with Crippen molar-refractivity contribution in [3.8, 4) is 0 Å². The number of hydrogen-bond acceptors (Lipinski definition) is 3. The zero-order valence-corrected chi connectivity index (χ0v) is 11.7. The van der Waals surface area contributed by atoms with Gasteiger partial charge in [0.25, 0.3) is 0 Å². The fourth-order valence-electron chi connectivity index (χ4n) is 1.92. The molecule has 0 atom stereocenters. The highest BCUT2D eigenvalue weighted by molar-refractivity contribution is 5.87. The molecule has 1 amide bonds. The maximum Gasteiger partial charge on any atom is 0.335 e. The van der Waals surface area contributed by atoms with Crippen LogP contribution in [0.15, 0.2) is 42.6 Å². The standard InChI is InChI=1S/C16H16N2O3/c1-11(19)18-10-13-4-2-12(3-5-13)8-15-9-14(16(20)21)6-7-17-15/h2-7,9H,8,10H2,1H3,(H,18,19)(H,20,21). The molecule has 0 aliphatic heterocycles. The third kappa shape index (κ3) is 4.42. The van der Waals surface area contributed by atoms with Crippen LogP contribution < -0.4 is 5.32 Å². The van der Waals surface area contributed by atoms with Crippen LogP contribution in [-0.2, 0) is 17.8 Å². The van der Waals surface area contributed by atoms with Gasteiger partial charge < -0.3 is 10.4 Å². The van der Waals surface area contributed by atoms with E-state index in [1.165, 1.54) is 19.2 Å². The second-order valence-corrected chi connectivity index (χ2v) is 4.74. The first-order valence-corrected chi connectivity index (χ1v) is 6.55. The maximum atomic E-state index is 10.9. The predicted octanol–water partition coefficient (Wildman–Crippen LogP) is 2.01. The van der Waals surface area contributed by atoms with E-state index in [0.717, 1.165) is 11.1 Å². The number of carbonyl (C=O) groups excluding carboxylic acids is 1. The SMILES string of the molecule is CC(=O)NCc1ccc(Cc2cc(C(=O)O)ccn2)cc1. The molecule has 0 saturated carbocycles. The summed E-state index contributed by atoms with van der Waals surface area (Å²) in [6.07, 6.45) is 2.07. The Bertz CT molecular complexity index is 651. The molecule has 0 unspecified atom stereocenters. The summed E-state index contributed by atoms with van der Waals surface area (Å²) in [6, 6.07) is 10.8. The lowest BCUT2D eigenvalue weighted by Crippen LogP contribution is -2.18. The average Bonchev–Trinajstić information content (AvgIpc) is 2.47. The maximum absolute atomic E-state index is 10.9. The van der Waals surface area contributed by atoms with Gasteiger partial charge in [0, 0.05) is 31.8 Å². The smallest absolute Gasteiger partial charge is 0.335 e. The van der Waals surface area contributed by atoms with E-state index in [9.17, 15) is 9.59 Å². The Hall–Kier alpha value is -2.69. The summed E-state index contributed by atoms with van der Waals surface area (Å²) < 4.78 is 0. The summed E-state index contributed by atoms with van der Waals surface area (Å²) in [4.78, 5) is 25.9. The van der Waals surface area contributed by atoms with Crippen molar-refractivity contribution in [3.05, 3.63) is 65.0 Å². The largest absolute Gasteiger partial charge is 0.478 e. The van der Waals surface area contributed by atoms with Crippen LogP contribution in [0, 0.1) is 0 Å². The summed E-state index contributed by atoms with van der Waals surface area (Å²) in [7, 11) is 0. The molecule has 0 fully saturated rings. The molecular formula is C16H16N2O3. The van der Waals surface area contributed by atoms with E-state index < -0.39 is 5.97 Å². The molecule has 0 radical (unpaired) electrons. The van der Waals surface area contributed by atoms with Crippen molar-refractivity contribution >= 4 is 11.9 Å². The highest BCUT2D eigenvalue weighted by atomic mass is 16.4. The molecule has 0 aliphatic rings. The Morgan fingerprint density at radius 3 is 2.43 bits per heavy atom. The molecule has 21 heavy (non-hydrogen) atoms. The first-order valence-electron chi connectivity index (χ1n) is 6.55. The number of hydrogen-bond donors (Lipinski definition) is 2. The molecule has 1 aromatic heterocycles. The van der Waals surface area contributed by atoms with Gasteiger partial charge in [-0.15, -0.1) is 0 Å². The van der Waals surface area contributed by atoms with E-state index in [-0.39, 0.29) is 11.5 Å². The molecule has 5 heteroatoms. The molecule has 0 bridgehead atoms. The minimum absolute atomic E-state index is 0.0613. The Morgan fingerprint density at radius 2 is 1.81 bits per heavy atom. The second-order valence-electron chi connectivity index (χ2n) is 4.74. The average molecular weight is 284 g/mol. The van der Waals surface area contributed by atoms with Crippen molar-refractivity contribution in [1.82, 2.24) is 10.3 Å². The van der Waals surface area contributed by atoms with Crippen molar-refractivity contribution in [1.29, 1.82) is 0 Å². The van der Waals surface area contributed by atoms with Gasteiger partial charge in [-0.3, -0.25) is 9.78 Å². The van der Waals surface area contributed by atoms with Gasteiger partial charge in [0.1, 0.15) is 0 Å². The van der Waals surface area contributed by atoms with Crippen molar-refractivity contribution in [2.24, 2.45) is 0 Å². The van der Waals surface area contributed by atoms with Crippen LogP contribution in [0.3, 0.4) is 0 Å². The molecule has 5 nitrogen and oxygen atoms in total. The summed E-state index contributed by atoms with van der Waals surface area (Å²) in [5, 5.41) is 11.7. The second kappa shape index (κ2) is 6.65. The summed E-state index contributed by atoms with van der Waals surface area (Å²) in [5.41, 5.74) is 3.00. The summed E-state index contributed by atoms with van der Waals surface area (Å²) in [6.45, 7) is 1.98. The lowest BCUT2D eigenvalue weighted by atomic mass is 10.1. The number of rotatable bonds is 5. The Morgan fingerprint density at radius 1 is 1.14 bits per heavy atom. The van der Waals surface area contributed by atoms with E-state index in [1.807, 2.05) is 24.3 Å². The number of carbonyl (C=O) groups is 2. The third-order valence-corrected chi connectivity index (χ3v) is 3.01. The number of carboxylic acids is 1.